The second-order valence-corrected chi connectivity index (χ2v) is 11.1. The molecule has 0 bridgehead atoms. The van der Waals surface area contributed by atoms with Crippen LogP contribution in [0.1, 0.15) is 53.6 Å². The highest BCUT2D eigenvalue weighted by molar-refractivity contribution is 7.90. The molecule has 0 spiro atoms. The molecule has 1 aromatic heterocycles. The van der Waals surface area contributed by atoms with Crippen molar-refractivity contribution in [2.24, 2.45) is 0 Å². The highest BCUT2D eigenvalue weighted by Crippen LogP contribution is 2.21. The van der Waals surface area contributed by atoms with E-state index in [1.165, 1.54) is 24.3 Å². The van der Waals surface area contributed by atoms with E-state index in [0.717, 1.165) is 49.4 Å². The van der Waals surface area contributed by atoms with Gasteiger partial charge in [-0.3, -0.25) is 9.59 Å². The second-order valence-electron chi connectivity index (χ2n) is 9.46. The third kappa shape index (κ3) is 8.63. The second kappa shape index (κ2) is 13.7. The van der Waals surface area contributed by atoms with Crippen molar-refractivity contribution in [1.82, 2.24) is 15.0 Å². The number of sulfonamides is 1. The number of ether oxygens (including phenoxy) is 2. The van der Waals surface area contributed by atoms with Crippen LogP contribution in [0.2, 0.25) is 0 Å². The molecule has 1 fully saturated rings. The van der Waals surface area contributed by atoms with Gasteiger partial charge in [0.2, 0.25) is 11.8 Å². The molecular weight excluding hydrogens is 534 g/mol. The Bertz CT molecular complexity index is 1400. The van der Waals surface area contributed by atoms with Crippen molar-refractivity contribution in [3.05, 3.63) is 89.6 Å². The number of hydrogen-bond donors (Lipinski definition) is 2. The number of carbonyl (C=O) groups is 3. The fourth-order valence-corrected chi connectivity index (χ4v) is 5.24. The number of nitrogens with one attached hydrogen (secondary N) is 2. The van der Waals surface area contributed by atoms with Gasteiger partial charge in [-0.2, -0.15) is 0 Å². The van der Waals surface area contributed by atoms with Gasteiger partial charge in [0, 0.05) is 18.8 Å². The molecule has 0 atom stereocenters. The number of rotatable bonds is 10. The van der Waals surface area contributed by atoms with Crippen LogP contribution in [0.15, 0.2) is 77.8 Å². The molecule has 0 saturated heterocycles. The number of amides is 2. The van der Waals surface area contributed by atoms with Crippen molar-refractivity contribution in [2.75, 3.05) is 6.54 Å². The summed E-state index contributed by atoms with van der Waals surface area (Å²) >= 11 is 0. The van der Waals surface area contributed by atoms with Gasteiger partial charge in [-0.25, -0.2) is 22.9 Å². The van der Waals surface area contributed by atoms with Gasteiger partial charge < -0.3 is 14.8 Å². The molecule has 3 aromatic rings. The average Bonchev–Trinajstić information content (AvgIpc) is 2.94. The molecule has 1 heterocycles. The first-order valence-corrected chi connectivity index (χ1v) is 14.6. The molecule has 2 N–H and O–H groups in total. The lowest BCUT2D eigenvalue weighted by Gasteiger charge is -2.20. The fourth-order valence-electron chi connectivity index (χ4n) is 4.27. The molecular formula is C29H31N3O7S. The zero-order valence-corrected chi connectivity index (χ0v) is 22.7. The molecule has 1 aliphatic rings. The SMILES string of the molecule is O=C(Cc1ccccc1)NCCc1ccc(S(=O)(=O)NC(=O)c2ccc(OC(=O)OC3CCCCC3)nc2)cc1. The van der Waals surface area contributed by atoms with Crippen molar-refractivity contribution in [1.29, 1.82) is 0 Å². The summed E-state index contributed by atoms with van der Waals surface area (Å²) in [5, 5.41) is 2.85. The molecule has 210 valence electrons. The van der Waals surface area contributed by atoms with Crippen LogP contribution in [0.3, 0.4) is 0 Å². The first-order chi connectivity index (χ1) is 19.3. The maximum atomic E-state index is 12.7. The van der Waals surface area contributed by atoms with E-state index in [9.17, 15) is 22.8 Å². The molecule has 10 nitrogen and oxygen atoms in total. The van der Waals surface area contributed by atoms with E-state index in [2.05, 4.69) is 10.3 Å². The zero-order valence-electron chi connectivity index (χ0n) is 21.9. The van der Waals surface area contributed by atoms with E-state index in [4.69, 9.17) is 9.47 Å². The number of benzene rings is 2. The molecule has 0 unspecified atom stereocenters. The Morgan fingerprint density at radius 3 is 2.27 bits per heavy atom. The van der Waals surface area contributed by atoms with Gasteiger partial charge in [-0.05, 0) is 61.4 Å². The lowest BCUT2D eigenvalue weighted by Crippen LogP contribution is -2.30. The van der Waals surface area contributed by atoms with Gasteiger partial charge in [0.1, 0.15) is 6.10 Å². The van der Waals surface area contributed by atoms with Gasteiger partial charge in [-0.15, -0.1) is 0 Å². The molecule has 1 saturated carbocycles. The summed E-state index contributed by atoms with van der Waals surface area (Å²) in [4.78, 5) is 40.4. The Morgan fingerprint density at radius 1 is 0.875 bits per heavy atom. The van der Waals surface area contributed by atoms with E-state index in [0.29, 0.717) is 13.0 Å². The van der Waals surface area contributed by atoms with E-state index >= 15 is 0 Å². The molecule has 2 aromatic carbocycles. The predicted molar refractivity (Wildman–Crippen MR) is 146 cm³/mol. The summed E-state index contributed by atoms with van der Waals surface area (Å²) in [7, 11) is -4.14. The highest BCUT2D eigenvalue weighted by atomic mass is 32.2. The molecule has 0 radical (unpaired) electrons. The van der Waals surface area contributed by atoms with Gasteiger partial charge >= 0.3 is 6.16 Å². The van der Waals surface area contributed by atoms with Gasteiger partial charge in [-0.1, -0.05) is 48.9 Å². The molecule has 2 amide bonds. The van der Waals surface area contributed by atoms with Crippen LogP contribution in [0.5, 0.6) is 5.88 Å². The van der Waals surface area contributed by atoms with Crippen molar-refractivity contribution in [3.63, 3.8) is 0 Å². The highest BCUT2D eigenvalue weighted by Gasteiger charge is 2.21. The monoisotopic (exact) mass is 565 g/mol. The minimum Gasteiger partial charge on any atom is -0.431 e. The summed E-state index contributed by atoms with van der Waals surface area (Å²) in [5.41, 5.74) is 1.72. The van der Waals surface area contributed by atoms with Crippen LogP contribution in [-0.2, 0) is 32.4 Å². The van der Waals surface area contributed by atoms with Crippen LogP contribution in [0, 0.1) is 0 Å². The van der Waals surface area contributed by atoms with Gasteiger partial charge in [0.15, 0.2) is 0 Å². The minimum atomic E-state index is -4.14. The summed E-state index contributed by atoms with van der Waals surface area (Å²) in [6, 6.07) is 18.0. The van der Waals surface area contributed by atoms with E-state index < -0.39 is 22.1 Å². The summed E-state index contributed by atoms with van der Waals surface area (Å²) < 4.78 is 37.8. The minimum absolute atomic E-state index is 0.0283. The Labute approximate surface area is 233 Å². The van der Waals surface area contributed by atoms with Crippen LogP contribution in [0.4, 0.5) is 4.79 Å². The third-order valence-corrected chi connectivity index (χ3v) is 7.75. The summed E-state index contributed by atoms with van der Waals surface area (Å²) in [6.07, 6.45) is 5.61. The van der Waals surface area contributed by atoms with Crippen molar-refractivity contribution in [2.45, 2.75) is 55.9 Å². The molecule has 40 heavy (non-hydrogen) atoms. The van der Waals surface area contributed by atoms with E-state index in [1.54, 1.807) is 12.1 Å². The Kier molecular flexibility index (Phi) is 9.85. The number of hydrogen-bond acceptors (Lipinski definition) is 8. The average molecular weight is 566 g/mol. The Hall–Kier alpha value is -4.25. The van der Waals surface area contributed by atoms with Crippen molar-refractivity contribution < 1.29 is 32.3 Å². The first-order valence-electron chi connectivity index (χ1n) is 13.1. The van der Waals surface area contributed by atoms with Crippen LogP contribution >= 0.6 is 0 Å². The lowest BCUT2D eigenvalue weighted by atomic mass is 9.98. The smallest absolute Gasteiger partial charge is 0.431 e. The quantitative estimate of drug-likeness (QED) is 0.352. The van der Waals surface area contributed by atoms with E-state index in [-0.39, 0.29) is 34.8 Å². The van der Waals surface area contributed by atoms with Crippen LogP contribution < -0.4 is 14.8 Å². The van der Waals surface area contributed by atoms with Gasteiger partial charge in [0.05, 0.1) is 16.9 Å². The molecule has 4 rings (SSSR count). The standard InChI is InChI=1S/C29H31N3O7S/c33-26(19-22-7-3-1-4-8-22)30-18-17-21-11-14-25(15-12-21)40(36,37)32-28(34)23-13-16-27(31-20-23)39-29(35)38-24-9-5-2-6-10-24/h1,3-4,7-8,11-16,20,24H,2,5-6,9-10,17-19H2,(H,30,33)(H,32,34). The summed E-state index contributed by atoms with van der Waals surface area (Å²) in [5.74, 6) is -1.04. The topological polar surface area (TPSA) is 141 Å². The predicted octanol–water partition coefficient (Wildman–Crippen LogP) is 3.95. The number of nitrogens with zero attached hydrogens (tertiary/aromatic N) is 1. The normalized spacial score (nSPS) is 13.7. The molecule has 11 heteroatoms. The number of aromatic nitrogens is 1. The van der Waals surface area contributed by atoms with Crippen LogP contribution in [0.25, 0.3) is 0 Å². The largest absolute Gasteiger partial charge is 0.515 e. The molecule has 0 aliphatic heterocycles. The van der Waals surface area contributed by atoms with Crippen molar-refractivity contribution >= 4 is 28.0 Å². The number of carbonyl (C=O) groups excluding carboxylic acids is 3. The zero-order chi connectivity index (χ0) is 28.4. The summed E-state index contributed by atoms with van der Waals surface area (Å²) in [6.45, 7) is 0.402. The fraction of sp³-hybridized carbons (Fsp3) is 0.310. The van der Waals surface area contributed by atoms with E-state index in [1.807, 2.05) is 35.1 Å². The molecule has 1 aliphatic carbocycles. The maximum Gasteiger partial charge on any atom is 0.515 e. The Balaban J connectivity index is 1.24. The van der Waals surface area contributed by atoms with Crippen molar-refractivity contribution in [3.8, 4) is 5.88 Å². The first kappa shape index (κ1) is 28.8. The van der Waals surface area contributed by atoms with Crippen LogP contribution in [-0.4, -0.2) is 44.0 Å². The maximum absolute atomic E-state index is 12.7. The Morgan fingerprint density at radius 2 is 1.60 bits per heavy atom. The van der Waals surface area contributed by atoms with Gasteiger partial charge in [0.25, 0.3) is 15.9 Å². The lowest BCUT2D eigenvalue weighted by molar-refractivity contribution is -0.120. The number of pyridine rings is 1. The third-order valence-electron chi connectivity index (χ3n) is 6.41.